The average Bonchev–Trinajstić information content (AvgIpc) is 2.86. The summed E-state index contributed by atoms with van der Waals surface area (Å²) in [6.45, 7) is 1.69. The molecule has 0 spiro atoms. The first-order chi connectivity index (χ1) is 9.79. The van der Waals surface area contributed by atoms with Gasteiger partial charge in [-0.2, -0.15) is 0 Å². The molecule has 1 heterocycles. The van der Waals surface area contributed by atoms with Crippen molar-refractivity contribution in [1.82, 2.24) is 20.2 Å². The molecule has 1 aromatic rings. The van der Waals surface area contributed by atoms with Crippen molar-refractivity contribution in [3.8, 4) is 0 Å². The third kappa shape index (κ3) is 1.98. The number of nitrogens with two attached hydrogens (primary N) is 1. The molecule has 4 aliphatic carbocycles. The highest BCUT2D eigenvalue weighted by atomic mass is 15.5. The summed E-state index contributed by atoms with van der Waals surface area (Å²) < 4.78 is 2.09. The van der Waals surface area contributed by atoms with Gasteiger partial charge in [0.2, 0.25) is 0 Å². The number of aryl methyl sites for hydroxylation is 1. The number of rotatable bonds is 5. The van der Waals surface area contributed by atoms with Crippen LogP contribution in [-0.4, -0.2) is 26.8 Å². The second-order valence-electron chi connectivity index (χ2n) is 7.42. The minimum atomic E-state index is 0.307. The van der Waals surface area contributed by atoms with Crippen molar-refractivity contribution in [3.63, 3.8) is 0 Å². The Hall–Kier alpha value is -0.970. The standard InChI is InChI=1S/C15H25N5/c16-3-1-2-4-20-14(17-18-19-20)15-8-11-5-12(9-15)7-13(6-11)10-15/h11-13H,1-10,16H2. The van der Waals surface area contributed by atoms with Crippen molar-refractivity contribution in [1.29, 1.82) is 0 Å². The first-order valence-electron chi connectivity index (χ1n) is 8.26. The van der Waals surface area contributed by atoms with Crippen molar-refractivity contribution in [2.24, 2.45) is 23.5 Å². The summed E-state index contributed by atoms with van der Waals surface area (Å²) in [6, 6.07) is 0. The van der Waals surface area contributed by atoms with Gasteiger partial charge in [0.05, 0.1) is 0 Å². The maximum absolute atomic E-state index is 5.59. The molecule has 1 aromatic heterocycles. The SMILES string of the molecule is NCCCCn1nnnc1C12CC3CC(CC(C3)C1)C2. The molecule has 0 atom stereocenters. The van der Waals surface area contributed by atoms with Gasteiger partial charge in [-0.25, -0.2) is 4.68 Å². The van der Waals surface area contributed by atoms with Gasteiger partial charge >= 0.3 is 0 Å². The molecule has 0 aliphatic heterocycles. The second kappa shape index (κ2) is 4.79. The van der Waals surface area contributed by atoms with Crippen LogP contribution >= 0.6 is 0 Å². The zero-order valence-corrected chi connectivity index (χ0v) is 12.2. The zero-order chi connectivity index (χ0) is 13.6. The van der Waals surface area contributed by atoms with Crippen LogP contribution < -0.4 is 5.73 Å². The van der Waals surface area contributed by atoms with Crippen molar-refractivity contribution < 1.29 is 0 Å². The number of unbranched alkanes of at least 4 members (excludes halogenated alkanes) is 1. The molecule has 4 bridgehead atoms. The topological polar surface area (TPSA) is 69.6 Å². The number of hydrogen-bond donors (Lipinski definition) is 1. The van der Waals surface area contributed by atoms with E-state index in [0.29, 0.717) is 5.41 Å². The monoisotopic (exact) mass is 275 g/mol. The quantitative estimate of drug-likeness (QED) is 0.833. The van der Waals surface area contributed by atoms with Crippen LogP contribution in [0.3, 0.4) is 0 Å². The van der Waals surface area contributed by atoms with Crippen molar-refractivity contribution in [2.45, 2.75) is 63.3 Å². The number of hydrogen-bond acceptors (Lipinski definition) is 4. The molecule has 5 nitrogen and oxygen atoms in total. The predicted octanol–water partition coefficient (Wildman–Crippen LogP) is 1.88. The Labute approximate surface area is 120 Å². The van der Waals surface area contributed by atoms with E-state index >= 15 is 0 Å². The minimum Gasteiger partial charge on any atom is -0.330 e. The van der Waals surface area contributed by atoms with Gasteiger partial charge in [0.15, 0.2) is 5.82 Å². The van der Waals surface area contributed by atoms with E-state index in [1.165, 1.54) is 44.3 Å². The molecular weight excluding hydrogens is 250 g/mol. The highest BCUT2D eigenvalue weighted by Crippen LogP contribution is 2.60. The summed E-state index contributed by atoms with van der Waals surface area (Å²) in [7, 11) is 0. The van der Waals surface area contributed by atoms with Gasteiger partial charge < -0.3 is 5.73 Å². The summed E-state index contributed by atoms with van der Waals surface area (Å²) in [5, 5.41) is 12.7. The number of nitrogens with zero attached hydrogens (tertiary/aromatic N) is 4. The lowest BCUT2D eigenvalue weighted by Crippen LogP contribution is -2.49. The summed E-state index contributed by atoms with van der Waals surface area (Å²) in [6.07, 6.45) is 10.5. The third-order valence-corrected chi connectivity index (χ3v) is 5.87. The van der Waals surface area contributed by atoms with Gasteiger partial charge in [-0.1, -0.05) is 0 Å². The van der Waals surface area contributed by atoms with Crippen LogP contribution in [0.2, 0.25) is 0 Å². The normalized spacial score (nSPS) is 38.5. The molecule has 0 unspecified atom stereocenters. The Morgan fingerprint density at radius 1 is 1.05 bits per heavy atom. The van der Waals surface area contributed by atoms with Crippen LogP contribution in [0.15, 0.2) is 0 Å². The molecule has 2 N–H and O–H groups in total. The van der Waals surface area contributed by atoms with Crippen LogP contribution in [0.1, 0.15) is 57.2 Å². The van der Waals surface area contributed by atoms with Gasteiger partial charge in [-0.3, -0.25) is 0 Å². The molecule has 110 valence electrons. The van der Waals surface area contributed by atoms with Crippen molar-refractivity contribution >= 4 is 0 Å². The molecule has 0 amide bonds. The predicted molar refractivity (Wildman–Crippen MR) is 76.0 cm³/mol. The van der Waals surface area contributed by atoms with Gasteiger partial charge in [0.25, 0.3) is 0 Å². The van der Waals surface area contributed by atoms with E-state index in [1.54, 1.807) is 0 Å². The molecule has 4 saturated carbocycles. The Bertz CT molecular complexity index is 445. The van der Waals surface area contributed by atoms with Crippen molar-refractivity contribution in [2.75, 3.05) is 6.54 Å². The molecule has 20 heavy (non-hydrogen) atoms. The molecule has 5 rings (SSSR count). The third-order valence-electron chi connectivity index (χ3n) is 5.87. The molecular formula is C15H25N5. The first kappa shape index (κ1) is 12.7. The average molecular weight is 275 g/mol. The largest absolute Gasteiger partial charge is 0.330 e. The molecule has 4 aliphatic rings. The number of aromatic nitrogens is 4. The van der Waals surface area contributed by atoms with Crippen LogP contribution in [0.5, 0.6) is 0 Å². The van der Waals surface area contributed by atoms with Crippen LogP contribution in [0.25, 0.3) is 0 Å². The van der Waals surface area contributed by atoms with Crippen LogP contribution in [0.4, 0.5) is 0 Å². The summed E-state index contributed by atoms with van der Waals surface area (Å²) in [5.74, 6) is 4.01. The summed E-state index contributed by atoms with van der Waals surface area (Å²) >= 11 is 0. The van der Waals surface area contributed by atoms with Crippen molar-refractivity contribution in [3.05, 3.63) is 5.82 Å². The van der Waals surface area contributed by atoms with E-state index < -0.39 is 0 Å². The molecule has 0 radical (unpaired) electrons. The lowest BCUT2D eigenvalue weighted by atomic mass is 9.49. The molecule has 5 heteroatoms. The highest BCUT2D eigenvalue weighted by Gasteiger charge is 2.53. The van der Waals surface area contributed by atoms with E-state index in [1.807, 2.05) is 0 Å². The maximum Gasteiger partial charge on any atom is 0.157 e. The van der Waals surface area contributed by atoms with E-state index in [2.05, 4.69) is 20.2 Å². The molecule has 0 aromatic carbocycles. The lowest BCUT2D eigenvalue weighted by molar-refractivity contribution is -0.0116. The second-order valence-corrected chi connectivity index (χ2v) is 7.42. The number of tetrazole rings is 1. The summed E-state index contributed by atoms with van der Waals surface area (Å²) in [5.41, 5.74) is 5.90. The Morgan fingerprint density at radius 2 is 1.70 bits per heavy atom. The van der Waals surface area contributed by atoms with Gasteiger partial charge in [0.1, 0.15) is 0 Å². The maximum atomic E-state index is 5.59. The zero-order valence-electron chi connectivity index (χ0n) is 12.2. The first-order valence-corrected chi connectivity index (χ1v) is 8.26. The highest BCUT2D eigenvalue weighted by molar-refractivity contribution is 5.16. The molecule has 0 saturated heterocycles. The smallest absolute Gasteiger partial charge is 0.157 e. The van der Waals surface area contributed by atoms with E-state index in [9.17, 15) is 0 Å². The minimum absolute atomic E-state index is 0.307. The Morgan fingerprint density at radius 3 is 2.30 bits per heavy atom. The van der Waals surface area contributed by atoms with Gasteiger partial charge in [0, 0.05) is 12.0 Å². The summed E-state index contributed by atoms with van der Waals surface area (Å²) in [4.78, 5) is 0. The Balaban J connectivity index is 1.59. The van der Waals surface area contributed by atoms with Gasteiger partial charge in [-0.05, 0) is 86.1 Å². The fourth-order valence-corrected chi connectivity index (χ4v) is 5.53. The van der Waals surface area contributed by atoms with E-state index in [4.69, 9.17) is 5.73 Å². The fourth-order valence-electron chi connectivity index (χ4n) is 5.53. The van der Waals surface area contributed by atoms with Crippen LogP contribution in [0, 0.1) is 17.8 Å². The van der Waals surface area contributed by atoms with E-state index in [-0.39, 0.29) is 0 Å². The Kier molecular flexibility index (Phi) is 3.05. The van der Waals surface area contributed by atoms with Gasteiger partial charge in [-0.15, -0.1) is 5.10 Å². The van der Waals surface area contributed by atoms with Crippen LogP contribution in [-0.2, 0) is 12.0 Å². The van der Waals surface area contributed by atoms with E-state index in [0.717, 1.165) is 43.7 Å². The fraction of sp³-hybridized carbons (Fsp3) is 0.933. The lowest BCUT2D eigenvalue weighted by Gasteiger charge is -2.55. The molecule has 4 fully saturated rings.